The minimum atomic E-state index is -0.613. The number of aryl methyl sites for hydroxylation is 1. The van der Waals surface area contributed by atoms with Crippen LogP contribution in [0.4, 0.5) is 5.69 Å². The van der Waals surface area contributed by atoms with E-state index in [2.05, 4.69) is 10.6 Å². The van der Waals surface area contributed by atoms with Crippen molar-refractivity contribution in [2.45, 2.75) is 31.8 Å². The standard InChI is InChI=1S/C24H29N3O4/c1-18(23(29)26-20(17-28)12-11-19-7-3-2-4-8-19)25-22-10-6-5-9-21(22)24(30)27-13-15-31-16-14-27/h2-10,17-18,20,25H,11-16H2,1H3,(H,26,29)/t18?,20-/m0/s1. The smallest absolute Gasteiger partial charge is 0.256 e. The van der Waals surface area contributed by atoms with Crippen LogP contribution in [0.2, 0.25) is 0 Å². The van der Waals surface area contributed by atoms with Gasteiger partial charge in [-0.15, -0.1) is 0 Å². The fraction of sp³-hybridized carbons (Fsp3) is 0.375. The highest BCUT2D eigenvalue weighted by molar-refractivity contribution is 6.00. The van der Waals surface area contributed by atoms with E-state index in [9.17, 15) is 14.4 Å². The van der Waals surface area contributed by atoms with E-state index in [1.807, 2.05) is 36.4 Å². The number of hydrogen-bond acceptors (Lipinski definition) is 5. The molecule has 2 aromatic carbocycles. The van der Waals surface area contributed by atoms with Gasteiger partial charge in [0.05, 0.1) is 24.8 Å². The molecule has 0 bridgehead atoms. The molecule has 1 fully saturated rings. The molecular weight excluding hydrogens is 394 g/mol. The zero-order valence-corrected chi connectivity index (χ0v) is 17.8. The van der Waals surface area contributed by atoms with E-state index in [-0.39, 0.29) is 11.8 Å². The summed E-state index contributed by atoms with van der Waals surface area (Å²) >= 11 is 0. The van der Waals surface area contributed by atoms with Gasteiger partial charge in [-0.05, 0) is 37.5 Å². The second-order valence-electron chi connectivity index (χ2n) is 7.59. The average Bonchev–Trinajstić information content (AvgIpc) is 2.82. The lowest BCUT2D eigenvalue weighted by molar-refractivity contribution is -0.124. The Bertz CT molecular complexity index is 881. The number of nitrogens with one attached hydrogen (secondary N) is 2. The summed E-state index contributed by atoms with van der Waals surface area (Å²) in [5, 5.41) is 5.91. The zero-order valence-electron chi connectivity index (χ0n) is 17.8. The molecule has 2 atom stereocenters. The third-order valence-electron chi connectivity index (χ3n) is 5.30. The number of benzene rings is 2. The van der Waals surface area contributed by atoms with E-state index < -0.39 is 12.1 Å². The molecule has 31 heavy (non-hydrogen) atoms. The highest BCUT2D eigenvalue weighted by atomic mass is 16.5. The molecular formula is C24H29N3O4. The van der Waals surface area contributed by atoms with E-state index in [1.165, 1.54) is 0 Å². The monoisotopic (exact) mass is 423 g/mol. The van der Waals surface area contributed by atoms with Crippen molar-refractivity contribution in [2.75, 3.05) is 31.6 Å². The van der Waals surface area contributed by atoms with E-state index in [1.54, 1.807) is 30.0 Å². The number of carbonyl (C=O) groups excluding carboxylic acids is 3. The van der Waals surface area contributed by atoms with Gasteiger partial charge in [0, 0.05) is 18.8 Å². The van der Waals surface area contributed by atoms with Crippen LogP contribution in [0.25, 0.3) is 0 Å². The number of para-hydroxylation sites is 1. The molecule has 0 radical (unpaired) electrons. The number of rotatable bonds is 9. The van der Waals surface area contributed by atoms with Gasteiger partial charge in [-0.25, -0.2) is 0 Å². The van der Waals surface area contributed by atoms with Gasteiger partial charge in [0.15, 0.2) is 0 Å². The van der Waals surface area contributed by atoms with Crippen molar-refractivity contribution in [3.63, 3.8) is 0 Å². The van der Waals surface area contributed by atoms with Gasteiger partial charge < -0.3 is 25.1 Å². The highest BCUT2D eigenvalue weighted by Crippen LogP contribution is 2.19. The number of amides is 2. The summed E-state index contributed by atoms with van der Waals surface area (Å²) in [6.45, 7) is 3.86. The molecule has 1 aliphatic heterocycles. The highest BCUT2D eigenvalue weighted by Gasteiger charge is 2.23. The first kappa shape index (κ1) is 22.5. The summed E-state index contributed by atoms with van der Waals surface area (Å²) < 4.78 is 5.32. The van der Waals surface area contributed by atoms with Gasteiger partial charge in [0.1, 0.15) is 12.3 Å². The van der Waals surface area contributed by atoms with Crippen LogP contribution < -0.4 is 10.6 Å². The molecule has 1 saturated heterocycles. The van der Waals surface area contributed by atoms with Crippen molar-refractivity contribution >= 4 is 23.8 Å². The van der Waals surface area contributed by atoms with Crippen LogP contribution in [0.3, 0.4) is 0 Å². The number of morpholine rings is 1. The molecule has 2 amide bonds. The number of nitrogens with zero attached hydrogens (tertiary/aromatic N) is 1. The molecule has 0 aliphatic carbocycles. The lowest BCUT2D eigenvalue weighted by Crippen LogP contribution is -2.44. The van der Waals surface area contributed by atoms with Gasteiger partial charge in [0.2, 0.25) is 5.91 Å². The predicted octanol–water partition coefficient (Wildman–Crippen LogP) is 2.28. The minimum absolute atomic E-state index is 0.0902. The fourth-order valence-electron chi connectivity index (χ4n) is 3.48. The SMILES string of the molecule is CC(Nc1ccccc1C(=O)N1CCOCC1)C(=O)N[C@H](C=O)CCc1ccccc1. The van der Waals surface area contributed by atoms with Crippen LogP contribution >= 0.6 is 0 Å². The van der Waals surface area contributed by atoms with Crippen LogP contribution in [-0.2, 0) is 20.7 Å². The van der Waals surface area contributed by atoms with Gasteiger partial charge in [0.25, 0.3) is 5.91 Å². The Hall–Kier alpha value is -3.19. The lowest BCUT2D eigenvalue weighted by Gasteiger charge is -2.28. The molecule has 3 rings (SSSR count). The largest absolute Gasteiger partial charge is 0.378 e. The van der Waals surface area contributed by atoms with Gasteiger partial charge >= 0.3 is 0 Å². The van der Waals surface area contributed by atoms with Gasteiger partial charge in [-0.1, -0.05) is 42.5 Å². The second-order valence-corrected chi connectivity index (χ2v) is 7.59. The average molecular weight is 424 g/mol. The first-order valence-electron chi connectivity index (χ1n) is 10.6. The van der Waals surface area contributed by atoms with Crippen molar-refractivity contribution in [1.29, 1.82) is 0 Å². The van der Waals surface area contributed by atoms with E-state index >= 15 is 0 Å². The molecule has 2 N–H and O–H groups in total. The van der Waals surface area contributed by atoms with E-state index in [0.29, 0.717) is 50.4 Å². The maximum atomic E-state index is 12.9. The number of ether oxygens (including phenoxy) is 1. The minimum Gasteiger partial charge on any atom is -0.378 e. The van der Waals surface area contributed by atoms with Crippen LogP contribution in [0, 0.1) is 0 Å². The molecule has 164 valence electrons. The topological polar surface area (TPSA) is 87.7 Å². The fourth-order valence-corrected chi connectivity index (χ4v) is 3.48. The Morgan fingerprint density at radius 1 is 1.06 bits per heavy atom. The molecule has 1 aliphatic rings. The Morgan fingerprint density at radius 2 is 1.74 bits per heavy atom. The van der Waals surface area contributed by atoms with Crippen molar-refractivity contribution in [2.24, 2.45) is 0 Å². The quantitative estimate of drug-likeness (QED) is 0.604. The zero-order chi connectivity index (χ0) is 22.1. The summed E-state index contributed by atoms with van der Waals surface area (Å²) in [7, 11) is 0. The van der Waals surface area contributed by atoms with Crippen molar-refractivity contribution in [3.05, 3.63) is 65.7 Å². The summed E-state index contributed by atoms with van der Waals surface area (Å²) in [6.07, 6.45) is 1.99. The molecule has 2 aromatic rings. The molecule has 0 saturated carbocycles. The first-order chi connectivity index (χ1) is 15.1. The summed E-state index contributed by atoms with van der Waals surface area (Å²) in [6, 6.07) is 15.8. The third-order valence-corrected chi connectivity index (χ3v) is 5.30. The number of hydrogen-bond donors (Lipinski definition) is 2. The molecule has 0 aromatic heterocycles. The molecule has 7 heteroatoms. The van der Waals surface area contributed by atoms with Crippen LogP contribution in [0.5, 0.6) is 0 Å². The maximum Gasteiger partial charge on any atom is 0.256 e. The van der Waals surface area contributed by atoms with Crippen molar-refractivity contribution < 1.29 is 19.1 Å². The van der Waals surface area contributed by atoms with Crippen LogP contribution in [0.1, 0.15) is 29.3 Å². The molecule has 0 spiro atoms. The van der Waals surface area contributed by atoms with Crippen LogP contribution in [-0.4, -0.2) is 61.4 Å². The van der Waals surface area contributed by atoms with E-state index in [0.717, 1.165) is 11.8 Å². The first-order valence-corrected chi connectivity index (χ1v) is 10.6. The predicted molar refractivity (Wildman–Crippen MR) is 119 cm³/mol. The molecule has 1 heterocycles. The van der Waals surface area contributed by atoms with E-state index in [4.69, 9.17) is 4.74 Å². The Balaban J connectivity index is 1.58. The maximum absolute atomic E-state index is 12.9. The number of aldehydes is 1. The summed E-state index contributed by atoms with van der Waals surface area (Å²) in [5.41, 5.74) is 2.22. The van der Waals surface area contributed by atoms with Crippen LogP contribution in [0.15, 0.2) is 54.6 Å². The lowest BCUT2D eigenvalue weighted by atomic mass is 10.1. The Kier molecular flexibility index (Phi) is 8.18. The number of carbonyl (C=O) groups is 3. The normalized spacial score (nSPS) is 15.6. The van der Waals surface area contributed by atoms with Gasteiger partial charge in [-0.2, -0.15) is 0 Å². The molecule has 1 unspecified atom stereocenters. The number of anilines is 1. The summed E-state index contributed by atoms with van der Waals surface area (Å²) in [4.78, 5) is 38.8. The third kappa shape index (κ3) is 6.39. The van der Waals surface area contributed by atoms with Crippen molar-refractivity contribution in [1.82, 2.24) is 10.2 Å². The molecule has 7 nitrogen and oxygen atoms in total. The second kappa shape index (κ2) is 11.3. The Labute approximate surface area is 182 Å². The Morgan fingerprint density at radius 3 is 2.45 bits per heavy atom. The summed E-state index contributed by atoms with van der Waals surface area (Å²) in [5.74, 6) is -0.383. The van der Waals surface area contributed by atoms with Gasteiger partial charge in [-0.3, -0.25) is 9.59 Å². The van der Waals surface area contributed by atoms with Crippen molar-refractivity contribution in [3.8, 4) is 0 Å².